The number of anilines is 1. The molecule has 4 heteroatoms. The molecule has 0 saturated carbocycles. The van der Waals surface area contributed by atoms with Crippen molar-refractivity contribution in [2.45, 2.75) is 39.8 Å². The molecular formula is C17H21FN2O. The van der Waals surface area contributed by atoms with Gasteiger partial charge in [0.15, 0.2) is 0 Å². The largest absolute Gasteiger partial charge is 0.491 e. The molecule has 1 unspecified atom stereocenters. The Bertz CT molecular complexity index is 596. The van der Waals surface area contributed by atoms with E-state index in [0.717, 1.165) is 22.7 Å². The smallest absolute Gasteiger partial charge is 0.141 e. The van der Waals surface area contributed by atoms with Gasteiger partial charge in [0.05, 0.1) is 24.0 Å². The summed E-state index contributed by atoms with van der Waals surface area (Å²) in [5.41, 5.74) is 2.92. The van der Waals surface area contributed by atoms with Gasteiger partial charge in [-0.1, -0.05) is 0 Å². The Morgan fingerprint density at radius 1 is 1.14 bits per heavy atom. The van der Waals surface area contributed by atoms with E-state index in [1.165, 1.54) is 12.3 Å². The highest BCUT2D eigenvalue weighted by Gasteiger charge is 2.09. The summed E-state index contributed by atoms with van der Waals surface area (Å²) < 4.78 is 18.6. The van der Waals surface area contributed by atoms with E-state index in [4.69, 9.17) is 4.74 Å². The van der Waals surface area contributed by atoms with Crippen molar-refractivity contribution in [2.24, 2.45) is 0 Å². The summed E-state index contributed by atoms with van der Waals surface area (Å²) >= 11 is 0. The molecule has 0 bridgehead atoms. The van der Waals surface area contributed by atoms with Crippen molar-refractivity contribution in [1.82, 2.24) is 4.98 Å². The molecule has 0 aliphatic heterocycles. The number of aryl methyl sites for hydroxylation is 1. The Labute approximate surface area is 125 Å². The van der Waals surface area contributed by atoms with E-state index >= 15 is 0 Å². The van der Waals surface area contributed by atoms with Gasteiger partial charge in [0, 0.05) is 5.69 Å². The van der Waals surface area contributed by atoms with Gasteiger partial charge in [-0.2, -0.15) is 0 Å². The Hall–Kier alpha value is -2.10. The molecule has 3 nitrogen and oxygen atoms in total. The summed E-state index contributed by atoms with van der Waals surface area (Å²) in [6, 6.07) is 9.06. The zero-order valence-corrected chi connectivity index (χ0v) is 12.9. The summed E-state index contributed by atoms with van der Waals surface area (Å²) in [6.45, 7) is 8.03. The first kappa shape index (κ1) is 15.3. The van der Waals surface area contributed by atoms with E-state index in [1.807, 2.05) is 45.9 Å². The molecule has 112 valence electrons. The van der Waals surface area contributed by atoms with Gasteiger partial charge in [-0.05, 0) is 63.6 Å². The van der Waals surface area contributed by atoms with Crippen LogP contribution in [0.5, 0.6) is 5.75 Å². The minimum Gasteiger partial charge on any atom is -0.491 e. The lowest BCUT2D eigenvalue weighted by atomic mass is 10.1. The number of hydrogen-bond donors (Lipinski definition) is 1. The number of rotatable bonds is 5. The third kappa shape index (κ3) is 4.18. The highest BCUT2D eigenvalue weighted by molar-refractivity contribution is 5.54. The van der Waals surface area contributed by atoms with Crippen molar-refractivity contribution in [3.63, 3.8) is 0 Å². The van der Waals surface area contributed by atoms with Crippen LogP contribution in [0.15, 0.2) is 36.5 Å². The van der Waals surface area contributed by atoms with E-state index in [9.17, 15) is 4.39 Å². The number of ether oxygens (including phenoxy) is 1. The van der Waals surface area contributed by atoms with Crippen molar-refractivity contribution in [3.05, 3.63) is 53.6 Å². The molecule has 1 N–H and O–H groups in total. The average Bonchev–Trinajstić information content (AvgIpc) is 2.42. The Morgan fingerprint density at radius 2 is 1.90 bits per heavy atom. The third-order valence-electron chi connectivity index (χ3n) is 3.14. The number of nitrogens with zero attached hydrogens (tertiary/aromatic N) is 1. The van der Waals surface area contributed by atoms with Gasteiger partial charge in [-0.25, -0.2) is 4.39 Å². The molecule has 0 aliphatic rings. The summed E-state index contributed by atoms with van der Waals surface area (Å²) in [4.78, 5) is 4.10. The molecule has 0 fully saturated rings. The fraction of sp³-hybridized carbons (Fsp3) is 0.353. The van der Waals surface area contributed by atoms with Crippen LogP contribution in [0.1, 0.15) is 38.1 Å². The summed E-state index contributed by atoms with van der Waals surface area (Å²) in [5.74, 6) is 0.540. The maximum Gasteiger partial charge on any atom is 0.141 e. The van der Waals surface area contributed by atoms with Gasteiger partial charge >= 0.3 is 0 Å². The van der Waals surface area contributed by atoms with Crippen LogP contribution in [0.25, 0.3) is 0 Å². The van der Waals surface area contributed by atoms with Gasteiger partial charge in [0.2, 0.25) is 0 Å². The van der Waals surface area contributed by atoms with E-state index in [0.29, 0.717) is 0 Å². The molecule has 0 amide bonds. The summed E-state index contributed by atoms with van der Waals surface area (Å²) in [5, 5.41) is 3.39. The Balaban J connectivity index is 2.10. The molecule has 0 radical (unpaired) electrons. The molecule has 1 heterocycles. The van der Waals surface area contributed by atoms with Crippen LogP contribution < -0.4 is 10.1 Å². The minimum absolute atomic E-state index is 0.00108. The quantitative estimate of drug-likeness (QED) is 0.880. The summed E-state index contributed by atoms with van der Waals surface area (Å²) in [6.07, 6.45) is 1.39. The van der Waals surface area contributed by atoms with Gasteiger partial charge in [-0.3, -0.25) is 4.98 Å². The number of nitrogens with one attached hydrogen (secondary N) is 1. The van der Waals surface area contributed by atoms with Crippen LogP contribution in [0.2, 0.25) is 0 Å². The molecule has 1 aromatic carbocycles. The zero-order chi connectivity index (χ0) is 15.4. The molecule has 1 aromatic heterocycles. The fourth-order valence-corrected chi connectivity index (χ4v) is 2.09. The first-order valence-electron chi connectivity index (χ1n) is 7.11. The molecule has 0 spiro atoms. The van der Waals surface area contributed by atoms with Crippen molar-refractivity contribution in [1.29, 1.82) is 0 Å². The molecule has 2 rings (SSSR count). The van der Waals surface area contributed by atoms with Gasteiger partial charge < -0.3 is 10.1 Å². The lowest BCUT2D eigenvalue weighted by Crippen LogP contribution is -2.10. The number of halogens is 1. The molecule has 0 aliphatic carbocycles. The maximum absolute atomic E-state index is 12.9. The van der Waals surface area contributed by atoms with Gasteiger partial charge in [-0.15, -0.1) is 0 Å². The second-order valence-corrected chi connectivity index (χ2v) is 5.41. The van der Waals surface area contributed by atoms with Crippen LogP contribution >= 0.6 is 0 Å². The fourth-order valence-electron chi connectivity index (χ4n) is 2.09. The monoisotopic (exact) mass is 288 g/mol. The van der Waals surface area contributed by atoms with Crippen LogP contribution in [0.4, 0.5) is 10.1 Å². The third-order valence-corrected chi connectivity index (χ3v) is 3.14. The molecule has 21 heavy (non-hydrogen) atoms. The standard InChI is InChI=1S/C17H21FN2O/c1-11(2)21-15-6-8-16(12(3)9-15)20-13(4)17-7-5-14(18)10-19-17/h5-11,13,20H,1-4H3. The lowest BCUT2D eigenvalue weighted by Gasteiger charge is -2.18. The zero-order valence-electron chi connectivity index (χ0n) is 12.9. The minimum atomic E-state index is -0.322. The van der Waals surface area contributed by atoms with E-state index in [2.05, 4.69) is 10.3 Å². The first-order chi connectivity index (χ1) is 9.95. The van der Waals surface area contributed by atoms with Crippen molar-refractivity contribution < 1.29 is 9.13 Å². The number of aromatic nitrogens is 1. The van der Waals surface area contributed by atoms with Crippen LogP contribution in [0.3, 0.4) is 0 Å². The van der Waals surface area contributed by atoms with Crippen molar-refractivity contribution in [3.8, 4) is 5.75 Å². The Kier molecular flexibility index (Phi) is 4.78. The second kappa shape index (κ2) is 6.57. The normalized spacial score (nSPS) is 12.3. The second-order valence-electron chi connectivity index (χ2n) is 5.41. The predicted octanol–water partition coefficient (Wildman–Crippen LogP) is 4.49. The average molecular weight is 288 g/mol. The van der Waals surface area contributed by atoms with Crippen LogP contribution in [-0.4, -0.2) is 11.1 Å². The number of benzene rings is 1. The molecule has 1 atom stereocenters. The van der Waals surface area contributed by atoms with E-state index < -0.39 is 0 Å². The van der Waals surface area contributed by atoms with Crippen LogP contribution in [-0.2, 0) is 0 Å². The molecule has 0 saturated heterocycles. The highest BCUT2D eigenvalue weighted by atomic mass is 19.1. The first-order valence-corrected chi connectivity index (χ1v) is 7.11. The van der Waals surface area contributed by atoms with Gasteiger partial charge in [0.25, 0.3) is 0 Å². The Morgan fingerprint density at radius 3 is 2.48 bits per heavy atom. The van der Waals surface area contributed by atoms with Crippen LogP contribution in [0, 0.1) is 12.7 Å². The van der Waals surface area contributed by atoms with Crippen molar-refractivity contribution in [2.75, 3.05) is 5.32 Å². The SMILES string of the molecule is Cc1cc(OC(C)C)ccc1NC(C)c1ccc(F)cn1. The predicted molar refractivity (Wildman–Crippen MR) is 83.2 cm³/mol. The van der Waals surface area contributed by atoms with Crippen molar-refractivity contribution >= 4 is 5.69 Å². The maximum atomic E-state index is 12.9. The number of hydrogen-bond acceptors (Lipinski definition) is 3. The summed E-state index contributed by atoms with van der Waals surface area (Å²) in [7, 11) is 0. The molecule has 2 aromatic rings. The lowest BCUT2D eigenvalue weighted by molar-refractivity contribution is 0.242. The van der Waals surface area contributed by atoms with E-state index in [-0.39, 0.29) is 18.0 Å². The highest BCUT2D eigenvalue weighted by Crippen LogP contribution is 2.25. The van der Waals surface area contributed by atoms with E-state index in [1.54, 1.807) is 6.07 Å². The topological polar surface area (TPSA) is 34.1 Å². The van der Waals surface area contributed by atoms with Gasteiger partial charge in [0.1, 0.15) is 11.6 Å². The number of pyridine rings is 1. The molecular weight excluding hydrogens is 267 g/mol.